The van der Waals surface area contributed by atoms with Gasteiger partial charge in [-0.05, 0) is 56.3 Å². The van der Waals surface area contributed by atoms with Crippen LogP contribution in [-0.2, 0) is 17.8 Å². The number of hydrogen-bond donors (Lipinski definition) is 0. The third-order valence-electron chi connectivity index (χ3n) is 4.45. The van der Waals surface area contributed by atoms with Crippen molar-refractivity contribution in [2.24, 2.45) is 0 Å². The summed E-state index contributed by atoms with van der Waals surface area (Å²) in [5, 5.41) is 2.13. The highest BCUT2D eigenvalue weighted by molar-refractivity contribution is 7.10. The van der Waals surface area contributed by atoms with E-state index in [0.29, 0.717) is 12.6 Å². The minimum atomic E-state index is 0.219. The molecule has 3 nitrogen and oxygen atoms in total. The summed E-state index contributed by atoms with van der Waals surface area (Å²) in [7, 11) is 0. The van der Waals surface area contributed by atoms with Crippen molar-refractivity contribution in [2.75, 3.05) is 18.0 Å². The normalized spacial score (nSPS) is 14.0. The molecule has 0 N–H and O–H groups in total. The minimum Gasteiger partial charge on any atom is -0.360 e. The van der Waals surface area contributed by atoms with E-state index in [1.165, 1.54) is 16.0 Å². The molecule has 2 aromatic rings. The fourth-order valence-electron chi connectivity index (χ4n) is 3.02. The molecule has 4 heteroatoms. The van der Waals surface area contributed by atoms with Crippen LogP contribution in [0, 0.1) is 6.92 Å². The summed E-state index contributed by atoms with van der Waals surface area (Å²) in [5.41, 5.74) is 3.68. The maximum Gasteiger partial charge on any atom is 0.242 e. The van der Waals surface area contributed by atoms with Crippen LogP contribution in [-0.4, -0.2) is 29.9 Å². The second-order valence-electron chi connectivity index (χ2n) is 6.49. The Morgan fingerprint density at radius 1 is 1.26 bits per heavy atom. The molecular formula is C19H24N2OS. The largest absolute Gasteiger partial charge is 0.360 e. The monoisotopic (exact) mass is 328 g/mol. The number of thiophene rings is 1. The summed E-state index contributed by atoms with van der Waals surface area (Å²) in [6.45, 7) is 8.41. The fourth-order valence-corrected chi connectivity index (χ4v) is 3.90. The topological polar surface area (TPSA) is 23.6 Å². The van der Waals surface area contributed by atoms with Gasteiger partial charge in [-0.15, -0.1) is 11.3 Å². The molecule has 23 heavy (non-hydrogen) atoms. The number of nitrogens with zero attached hydrogens (tertiary/aromatic N) is 2. The van der Waals surface area contributed by atoms with Gasteiger partial charge in [-0.2, -0.15) is 0 Å². The van der Waals surface area contributed by atoms with Gasteiger partial charge in [0.25, 0.3) is 0 Å². The molecule has 1 amide bonds. The predicted octanol–water partition coefficient (Wildman–Crippen LogP) is 3.86. The highest BCUT2D eigenvalue weighted by Crippen LogP contribution is 2.25. The lowest BCUT2D eigenvalue weighted by Gasteiger charge is -2.33. The Bertz CT molecular complexity index is 675. The molecule has 0 fully saturated rings. The lowest BCUT2D eigenvalue weighted by Crippen LogP contribution is -2.44. The van der Waals surface area contributed by atoms with Crippen LogP contribution in [0.5, 0.6) is 0 Å². The zero-order valence-corrected chi connectivity index (χ0v) is 14.9. The summed E-state index contributed by atoms with van der Waals surface area (Å²) in [5.74, 6) is 0.219. The standard InChI is InChI=1S/C19H24N2OS/c1-14(2)21(17-6-4-15(3)5-7-17)13-19(22)20-10-8-18-16(12-20)9-11-23-18/h4-7,9,11,14H,8,10,12-13H2,1-3H3. The molecule has 1 aromatic carbocycles. The van der Waals surface area contributed by atoms with Crippen molar-refractivity contribution in [3.05, 3.63) is 51.7 Å². The number of aryl methyl sites for hydroxylation is 1. The van der Waals surface area contributed by atoms with Gasteiger partial charge in [0.15, 0.2) is 0 Å². The molecule has 0 saturated heterocycles. The van der Waals surface area contributed by atoms with Crippen LogP contribution in [0.2, 0.25) is 0 Å². The number of carbonyl (C=O) groups excluding carboxylic acids is 1. The smallest absolute Gasteiger partial charge is 0.242 e. The number of benzene rings is 1. The predicted molar refractivity (Wildman–Crippen MR) is 97.1 cm³/mol. The van der Waals surface area contributed by atoms with Gasteiger partial charge in [0, 0.05) is 29.7 Å². The van der Waals surface area contributed by atoms with Gasteiger partial charge in [0.2, 0.25) is 5.91 Å². The molecule has 0 saturated carbocycles. The zero-order valence-electron chi connectivity index (χ0n) is 14.1. The van der Waals surface area contributed by atoms with Crippen LogP contribution in [0.25, 0.3) is 0 Å². The molecule has 122 valence electrons. The Morgan fingerprint density at radius 2 is 2.00 bits per heavy atom. The number of fused-ring (bicyclic) bond motifs is 1. The average Bonchev–Trinajstić information content (AvgIpc) is 3.00. The number of amides is 1. The Kier molecular flexibility index (Phi) is 4.71. The second-order valence-corrected chi connectivity index (χ2v) is 7.49. The van der Waals surface area contributed by atoms with Crippen LogP contribution in [0.1, 0.15) is 29.9 Å². The first-order valence-electron chi connectivity index (χ1n) is 8.21. The van der Waals surface area contributed by atoms with Crippen molar-refractivity contribution in [1.29, 1.82) is 0 Å². The zero-order chi connectivity index (χ0) is 16.4. The van der Waals surface area contributed by atoms with Crippen LogP contribution in [0.3, 0.4) is 0 Å². The first-order chi connectivity index (χ1) is 11.0. The third-order valence-corrected chi connectivity index (χ3v) is 5.48. The highest BCUT2D eigenvalue weighted by Gasteiger charge is 2.24. The molecule has 0 atom stereocenters. The van der Waals surface area contributed by atoms with E-state index in [2.05, 4.69) is 61.4 Å². The van der Waals surface area contributed by atoms with Crippen molar-refractivity contribution >= 4 is 22.9 Å². The number of anilines is 1. The van der Waals surface area contributed by atoms with Gasteiger partial charge in [0.05, 0.1) is 6.54 Å². The Labute approximate surface area is 142 Å². The van der Waals surface area contributed by atoms with E-state index < -0.39 is 0 Å². The van der Waals surface area contributed by atoms with E-state index in [-0.39, 0.29) is 5.91 Å². The third kappa shape index (κ3) is 3.58. The lowest BCUT2D eigenvalue weighted by atomic mass is 10.1. The van der Waals surface area contributed by atoms with Gasteiger partial charge >= 0.3 is 0 Å². The van der Waals surface area contributed by atoms with E-state index >= 15 is 0 Å². The Balaban J connectivity index is 1.71. The molecule has 0 unspecified atom stereocenters. The Hall–Kier alpha value is -1.81. The van der Waals surface area contributed by atoms with E-state index in [1.54, 1.807) is 0 Å². The maximum absolute atomic E-state index is 12.8. The van der Waals surface area contributed by atoms with Crippen LogP contribution < -0.4 is 4.90 Å². The first kappa shape index (κ1) is 16.1. The van der Waals surface area contributed by atoms with Crippen molar-refractivity contribution in [3.63, 3.8) is 0 Å². The molecule has 2 heterocycles. The molecule has 3 rings (SSSR count). The SMILES string of the molecule is Cc1ccc(N(CC(=O)N2CCc3sccc3C2)C(C)C)cc1. The van der Waals surface area contributed by atoms with Crippen molar-refractivity contribution in [1.82, 2.24) is 4.90 Å². The Morgan fingerprint density at radius 3 is 2.70 bits per heavy atom. The maximum atomic E-state index is 12.8. The minimum absolute atomic E-state index is 0.219. The number of carbonyl (C=O) groups is 1. The van der Waals surface area contributed by atoms with Gasteiger partial charge in [-0.1, -0.05) is 17.7 Å². The van der Waals surface area contributed by atoms with E-state index in [9.17, 15) is 4.79 Å². The van der Waals surface area contributed by atoms with Crippen LogP contribution in [0.4, 0.5) is 5.69 Å². The van der Waals surface area contributed by atoms with Gasteiger partial charge in [-0.25, -0.2) is 0 Å². The van der Waals surface area contributed by atoms with Gasteiger partial charge in [0.1, 0.15) is 0 Å². The first-order valence-corrected chi connectivity index (χ1v) is 9.09. The van der Waals surface area contributed by atoms with E-state index in [4.69, 9.17) is 0 Å². The van der Waals surface area contributed by atoms with Crippen molar-refractivity contribution < 1.29 is 4.79 Å². The highest BCUT2D eigenvalue weighted by atomic mass is 32.1. The summed E-state index contributed by atoms with van der Waals surface area (Å²) >= 11 is 1.81. The molecule has 1 aromatic heterocycles. The van der Waals surface area contributed by atoms with Crippen LogP contribution >= 0.6 is 11.3 Å². The van der Waals surface area contributed by atoms with Gasteiger partial charge in [-0.3, -0.25) is 4.79 Å². The molecule has 0 radical (unpaired) electrons. The molecule has 0 bridgehead atoms. The second kappa shape index (κ2) is 6.75. The summed E-state index contributed by atoms with van der Waals surface area (Å²) in [6, 6.07) is 10.9. The summed E-state index contributed by atoms with van der Waals surface area (Å²) in [6.07, 6.45) is 0.991. The summed E-state index contributed by atoms with van der Waals surface area (Å²) < 4.78 is 0. The van der Waals surface area contributed by atoms with Crippen LogP contribution in [0.15, 0.2) is 35.7 Å². The van der Waals surface area contributed by atoms with E-state index in [0.717, 1.165) is 25.2 Å². The molecule has 0 spiro atoms. The van der Waals surface area contributed by atoms with Crippen molar-refractivity contribution in [3.8, 4) is 0 Å². The molecular weight excluding hydrogens is 304 g/mol. The van der Waals surface area contributed by atoms with Gasteiger partial charge < -0.3 is 9.80 Å². The average molecular weight is 328 g/mol. The number of rotatable bonds is 4. The van der Waals surface area contributed by atoms with E-state index in [1.807, 2.05) is 16.2 Å². The molecule has 1 aliphatic rings. The molecule has 0 aliphatic carbocycles. The summed E-state index contributed by atoms with van der Waals surface area (Å²) in [4.78, 5) is 18.4. The fraction of sp³-hybridized carbons (Fsp3) is 0.421. The lowest BCUT2D eigenvalue weighted by molar-refractivity contribution is -0.130. The van der Waals surface area contributed by atoms with Crippen molar-refractivity contribution in [2.45, 2.75) is 39.8 Å². The molecule has 1 aliphatic heterocycles. The number of hydrogen-bond acceptors (Lipinski definition) is 3. The quantitative estimate of drug-likeness (QED) is 0.851.